The zero-order chi connectivity index (χ0) is 30.2. The standard InChI is InChI=1S/C44H26O2/c1-2-12-27(13-3-1)28-24-25-34-40(26-28)46-39-23-11-20-36(44(34)39)42-31-16-6-4-14-29(31)41(30-15-5-7-17-32(30)42)35-19-10-22-38-43(35)33-18-8-9-21-37(33)45-38/h1-26H. The molecular formula is C44H26O2. The van der Waals surface area contributed by atoms with Crippen molar-refractivity contribution in [2.75, 3.05) is 0 Å². The Balaban J connectivity index is 1.31. The van der Waals surface area contributed by atoms with E-state index in [2.05, 4.69) is 146 Å². The Kier molecular flexibility index (Phi) is 5.31. The summed E-state index contributed by atoms with van der Waals surface area (Å²) in [5.74, 6) is 0. The van der Waals surface area contributed by atoms with Crippen molar-refractivity contribution in [2.45, 2.75) is 0 Å². The van der Waals surface area contributed by atoms with E-state index in [1.54, 1.807) is 0 Å². The van der Waals surface area contributed by atoms with E-state index in [0.717, 1.165) is 49.4 Å². The third-order valence-electron chi connectivity index (χ3n) is 9.48. The fourth-order valence-electron chi connectivity index (χ4n) is 7.54. The molecule has 0 aliphatic carbocycles. The van der Waals surface area contributed by atoms with E-state index in [0.29, 0.717) is 0 Å². The Morgan fingerprint density at radius 3 is 1.33 bits per heavy atom. The number of benzene rings is 8. The second kappa shape index (κ2) is 9.69. The molecule has 0 fully saturated rings. The minimum Gasteiger partial charge on any atom is -0.456 e. The molecular weight excluding hydrogens is 560 g/mol. The van der Waals surface area contributed by atoms with E-state index in [1.165, 1.54) is 49.4 Å². The molecule has 0 amide bonds. The van der Waals surface area contributed by atoms with Crippen LogP contribution in [0.1, 0.15) is 0 Å². The molecule has 2 nitrogen and oxygen atoms in total. The minimum atomic E-state index is 0.893. The summed E-state index contributed by atoms with van der Waals surface area (Å²) in [5, 5.41) is 9.40. The molecule has 10 aromatic rings. The van der Waals surface area contributed by atoms with E-state index in [-0.39, 0.29) is 0 Å². The summed E-state index contributed by atoms with van der Waals surface area (Å²) >= 11 is 0. The van der Waals surface area contributed by atoms with Gasteiger partial charge < -0.3 is 8.83 Å². The third kappa shape index (κ3) is 3.59. The quantitative estimate of drug-likeness (QED) is 0.193. The van der Waals surface area contributed by atoms with Crippen molar-refractivity contribution in [1.82, 2.24) is 0 Å². The summed E-state index contributed by atoms with van der Waals surface area (Å²) in [6.45, 7) is 0. The smallest absolute Gasteiger partial charge is 0.136 e. The molecule has 0 atom stereocenters. The Bertz CT molecular complexity index is 2740. The van der Waals surface area contributed by atoms with Gasteiger partial charge in [0.15, 0.2) is 0 Å². The number of fused-ring (bicyclic) bond motifs is 8. The van der Waals surface area contributed by atoms with Crippen LogP contribution >= 0.6 is 0 Å². The SMILES string of the molecule is c1ccc(-c2ccc3c(c2)oc2cccc(-c4c5ccccc5c(-c5cccc6oc7ccccc7c56)c5ccccc45)c23)cc1. The van der Waals surface area contributed by atoms with Crippen LogP contribution < -0.4 is 0 Å². The molecule has 0 radical (unpaired) electrons. The van der Waals surface area contributed by atoms with Crippen molar-refractivity contribution in [3.05, 3.63) is 158 Å². The highest BCUT2D eigenvalue weighted by Crippen LogP contribution is 2.49. The lowest BCUT2D eigenvalue weighted by molar-refractivity contribution is 0.668. The summed E-state index contributed by atoms with van der Waals surface area (Å²) in [6, 6.07) is 56.0. The first kappa shape index (κ1) is 25.2. The van der Waals surface area contributed by atoms with Crippen LogP contribution in [0.15, 0.2) is 167 Å². The molecule has 46 heavy (non-hydrogen) atoms. The van der Waals surface area contributed by atoms with Gasteiger partial charge in [0.05, 0.1) is 0 Å². The van der Waals surface area contributed by atoms with Gasteiger partial charge in [-0.3, -0.25) is 0 Å². The largest absolute Gasteiger partial charge is 0.456 e. The van der Waals surface area contributed by atoms with Crippen LogP contribution in [0.3, 0.4) is 0 Å². The van der Waals surface area contributed by atoms with E-state index in [1.807, 2.05) is 12.1 Å². The van der Waals surface area contributed by atoms with Crippen molar-refractivity contribution >= 4 is 65.4 Å². The highest BCUT2D eigenvalue weighted by Gasteiger charge is 2.22. The first-order valence-corrected chi connectivity index (χ1v) is 15.7. The fourth-order valence-corrected chi connectivity index (χ4v) is 7.54. The number of furan rings is 2. The number of rotatable bonds is 3. The average Bonchev–Trinajstić information content (AvgIpc) is 3.69. The second-order valence-electron chi connectivity index (χ2n) is 12.0. The van der Waals surface area contributed by atoms with Crippen LogP contribution in [0.25, 0.3) is 98.8 Å². The molecule has 0 bridgehead atoms. The van der Waals surface area contributed by atoms with Gasteiger partial charge in [-0.1, -0.05) is 127 Å². The predicted octanol–water partition coefficient (Wildman–Crippen LogP) is 12.8. The monoisotopic (exact) mass is 586 g/mol. The van der Waals surface area contributed by atoms with Crippen LogP contribution in [0.5, 0.6) is 0 Å². The molecule has 0 saturated heterocycles. The Morgan fingerprint density at radius 1 is 0.283 bits per heavy atom. The van der Waals surface area contributed by atoms with E-state index in [4.69, 9.17) is 8.83 Å². The van der Waals surface area contributed by atoms with Crippen LogP contribution in [0.2, 0.25) is 0 Å². The van der Waals surface area contributed by atoms with Crippen molar-refractivity contribution in [3.63, 3.8) is 0 Å². The number of hydrogen-bond donors (Lipinski definition) is 0. The molecule has 0 spiro atoms. The lowest BCUT2D eigenvalue weighted by atomic mass is 9.84. The molecule has 0 saturated carbocycles. The van der Waals surface area contributed by atoms with Crippen molar-refractivity contribution in [1.29, 1.82) is 0 Å². The van der Waals surface area contributed by atoms with Gasteiger partial charge >= 0.3 is 0 Å². The Morgan fingerprint density at radius 2 is 0.739 bits per heavy atom. The molecule has 2 heterocycles. The fraction of sp³-hybridized carbons (Fsp3) is 0. The molecule has 0 aliphatic rings. The summed E-state index contributed by atoms with van der Waals surface area (Å²) < 4.78 is 12.9. The maximum atomic E-state index is 6.56. The Labute approximate surface area is 264 Å². The summed E-state index contributed by atoms with van der Waals surface area (Å²) in [4.78, 5) is 0. The zero-order valence-electron chi connectivity index (χ0n) is 24.8. The number of para-hydroxylation sites is 1. The van der Waals surface area contributed by atoms with Gasteiger partial charge in [-0.2, -0.15) is 0 Å². The van der Waals surface area contributed by atoms with Crippen LogP contribution in [0.4, 0.5) is 0 Å². The van der Waals surface area contributed by atoms with Crippen LogP contribution in [-0.2, 0) is 0 Å². The lowest BCUT2D eigenvalue weighted by Gasteiger charge is -2.18. The van der Waals surface area contributed by atoms with Crippen LogP contribution in [0, 0.1) is 0 Å². The van der Waals surface area contributed by atoms with Gasteiger partial charge in [-0.25, -0.2) is 0 Å². The van der Waals surface area contributed by atoms with Gasteiger partial charge in [0.1, 0.15) is 22.3 Å². The van der Waals surface area contributed by atoms with E-state index < -0.39 is 0 Å². The first-order chi connectivity index (χ1) is 22.8. The second-order valence-corrected chi connectivity index (χ2v) is 12.0. The van der Waals surface area contributed by atoms with Crippen molar-refractivity contribution < 1.29 is 8.83 Å². The maximum absolute atomic E-state index is 6.56. The van der Waals surface area contributed by atoms with Gasteiger partial charge in [0.2, 0.25) is 0 Å². The first-order valence-electron chi connectivity index (χ1n) is 15.7. The third-order valence-corrected chi connectivity index (χ3v) is 9.48. The predicted molar refractivity (Wildman–Crippen MR) is 192 cm³/mol. The number of hydrogen-bond acceptors (Lipinski definition) is 2. The molecule has 10 rings (SSSR count). The Hall–Kier alpha value is -6.12. The topological polar surface area (TPSA) is 26.3 Å². The summed E-state index contributed by atoms with van der Waals surface area (Å²) in [7, 11) is 0. The van der Waals surface area contributed by atoms with Gasteiger partial charge in [-0.05, 0) is 85.3 Å². The van der Waals surface area contributed by atoms with Crippen molar-refractivity contribution in [3.8, 4) is 33.4 Å². The maximum Gasteiger partial charge on any atom is 0.136 e. The molecule has 214 valence electrons. The minimum absolute atomic E-state index is 0.893. The molecule has 0 N–H and O–H groups in total. The highest BCUT2D eigenvalue weighted by molar-refractivity contribution is 6.28. The zero-order valence-corrected chi connectivity index (χ0v) is 24.8. The molecule has 0 aliphatic heterocycles. The molecule has 8 aromatic carbocycles. The average molecular weight is 587 g/mol. The van der Waals surface area contributed by atoms with Crippen molar-refractivity contribution in [2.24, 2.45) is 0 Å². The lowest BCUT2D eigenvalue weighted by Crippen LogP contribution is -1.91. The van der Waals surface area contributed by atoms with E-state index >= 15 is 0 Å². The van der Waals surface area contributed by atoms with Gasteiger partial charge in [0.25, 0.3) is 0 Å². The van der Waals surface area contributed by atoms with Gasteiger partial charge in [-0.15, -0.1) is 0 Å². The highest BCUT2D eigenvalue weighted by atomic mass is 16.3. The molecule has 2 aromatic heterocycles. The van der Waals surface area contributed by atoms with E-state index in [9.17, 15) is 0 Å². The van der Waals surface area contributed by atoms with Crippen LogP contribution in [-0.4, -0.2) is 0 Å². The molecule has 2 heteroatoms. The normalized spacial score (nSPS) is 11.9. The summed E-state index contributed by atoms with van der Waals surface area (Å²) in [5.41, 5.74) is 10.7. The molecule has 0 unspecified atom stereocenters. The van der Waals surface area contributed by atoms with Gasteiger partial charge in [0, 0.05) is 21.5 Å². The summed E-state index contributed by atoms with van der Waals surface area (Å²) in [6.07, 6.45) is 0.